The smallest absolute Gasteiger partial charge is 0.388 e. The zero-order valence-corrected chi connectivity index (χ0v) is 13.0. The number of hydrogen-bond donors (Lipinski definition) is 1. The van der Waals surface area contributed by atoms with E-state index < -0.39 is 10.7 Å². The van der Waals surface area contributed by atoms with Gasteiger partial charge in [0.25, 0.3) is 0 Å². The first-order valence-electron chi connectivity index (χ1n) is 6.19. The number of nitrogens with zero attached hydrogens (tertiary/aromatic N) is 5. The molecule has 9 nitrogen and oxygen atoms in total. The highest BCUT2D eigenvalue weighted by molar-refractivity contribution is 6.35. The molecule has 0 saturated carbocycles. The van der Waals surface area contributed by atoms with Gasteiger partial charge in [-0.15, -0.1) is 0 Å². The van der Waals surface area contributed by atoms with Crippen molar-refractivity contribution in [2.75, 3.05) is 12.4 Å². The van der Waals surface area contributed by atoms with Crippen molar-refractivity contribution in [3.63, 3.8) is 0 Å². The van der Waals surface area contributed by atoms with Crippen LogP contribution in [0.2, 0.25) is 10.2 Å². The second-order valence-electron chi connectivity index (χ2n) is 4.26. The number of fused-ring (bicyclic) bond motifs is 1. The van der Waals surface area contributed by atoms with Crippen LogP contribution in [0, 0.1) is 10.1 Å². The van der Waals surface area contributed by atoms with Gasteiger partial charge in [-0.05, 0) is 9.91 Å². The van der Waals surface area contributed by atoms with Gasteiger partial charge in [-0.25, -0.2) is 9.50 Å². The van der Waals surface area contributed by atoms with Crippen LogP contribution in [0.1, 0.15) is 0 Å². The predicted octanol–water partition coefficient (Wildman–Crippen LogP) is 3.17. The molecule has 0 amide bonds. The maximum atomic E-state index is 10.9. The van der Waals surface area contributed by atoms with Gasteiger partial charge in [0.15, 0.2) is 28.5 Å². The number of ether oxygens (including phenoxy) is 1. The van der Waals surface area contributed by atoms with Crippen molar-refractivity contribution in [1.29, 1.82) is 0 Å². The molecular formula is C12H8Cl2N6O3. The molecule has 0 aromatic carbocycles. The molecule has 0 bridgehead atoms. The predicted molar refractivity (Wildman–Crippen MR) is 83.5 cm³/mol. The average molecular weight is 355 g/mol. The number of pyridine rings is 1. The van der Waals surface area contributed by atoms with Crippen LogP contribution in [0.5, 0.6) is 11.5 Å². The molecule has 0 fully saturated rings. The molecule has 3 rings (SSSR count). The van der Waals surface area contributed by atoms with Crippen molar-refractivity contribution in [1.82, 2.24) is 19.6 Å². The first kappa shape index (κ1) is 15.3. The topological polar surface area (TPSA) is 107 Å². The minimum Gasteiger partial charge on any atom is -0.448 e. The number of anilines is 1. The molecule has 0 saturated heterocycles. The molecule has 0 atom stereocenters. The largest absolute Gasteiger partial charge is 0.448 e. The van der Waals surface area contributed by atoms with Crippen LogP contribution >= 0.6 is 23.2 Å². The number of nitro groups is 1. The van der Waals surface area contributed by atoms with Crippen molar-refractivity contribution in [3.8, 4) is 11.5 Å². The molecule has 0 spiro atoms. The third kappa shape index (κ3) is 2.60. The molecule has 3 aromatic heterocycles. The van der Waals surface area contributed by atoms with Gasteiger partial charge < -0.3 is 20.2 Å². The number of aromatic nitrogens is 4. The van der Waals surface area contributed by atoms with Gasteiger partial charge >= 0.3 is 5.82 Å². The molecule has 0 radical (unpaired) electrons. The zero-order chi connectivity index (χ0) is 16.6. The minimum atomic E-state index is -0.641. The Bertz CT molecular complexity index is 913. The molecule has 0 aliphatic rings. The Morgan fingerprint density at radius 1 is 1.30 bits per heavy atom. The van der Waals surface area contributed by atoms with Gasteiger partial charge in [0.05, 0.1) is 6.20 Å². The number of rotatable bonds is 4. The molecule has 0 unspecified atom stereocenters. The van der Waals surface area contributed by atoms with E-state index in [0.29, 0.717) is 11.3 Å². The van der Waals surface area contributed by atoms with E-state index in [1.54, 1.807) is 6.20 Å². The summed E-state index contributed by atoms with van der Waals surface area (Å²) in [4.78, 5) is 18.0. The first-order valence-corrected chi connectivity index (χ1v) is 6.95. The monoisotopic (exact) mass is 354 g/mol. The van der Waals surface area contributed by atoms with E-state index in [0.717, 1.165) is 6.20 Å². The second kappa shape index (κ2) is 5.86. The Hall–Kier alpha value is -2.65. The van der Waals surface area contributed by atoms with Gasteiger partial charge in [0.2, 0.25) is 0 Å². The van der Waals surface area contributed by atoms with Gasteiger partial charge in [0, 0.05) is 19.4 Å². The molecule has 11 heteroatoms. The van der Waals surface area contributed by atoms with Crippen molar-refractivity contribution in [3.05, 3.63) is 45.1 Å². The SMILES string of the molecule is CNc1c([N+](=O)[O-])ncc(Oc2cnn3ccnc(Cl)c23)c1Cl. The number of nitrogens with one attached hydrogen (secondary N) is 1. The van der Waals surface area contributed by atoms with Crippen LogP contribution in [0.3, 0.4) is 0 Å². The molecule has 23 heavy (non-hydrogen) atoms. The van der Waals surface area contributed by atoms with Crippen LogP contribution in [0.4, 0.5) is 11.5 Å². The van der Waals surface area contributed by atoms with Crippen molar-refractivity contribution in [2.24, 2.45) is 0 Å². The van der Waals surface area contributed by atoms with E-state index in [2.05, 4.69) is 20.4 Å². The van der Waals surface area contributed by atoms with Gasteiger partial charge in [-0.1, -0.05) is 23.2 Å². The van der Waals surface area contributed by atoms with E-state index in [9.17, 15) is 10.1 Å². The van der Waals surface area contributed by atoms with Crippen LogP contribution in [0.15, 0.2) is 24.8 Å². The summed E-state index contributed by atoms with van der Waals surface area (Å²) < 4.78 is 7.14. The van der Waals surface area contributed by atoms with Crippen LogP contribution in [-0.2, 0) is 0 Å². The summed E-state index contributed by atoms with van der Waals surface area (Å²) in [5.74, 6) is 0.0172. The Morgan fingerprint density at radius 3 is 2.78 bits per heavy atom. The van der Waals surface area contributed by atoms with Crippen molar-refractivity contribution < 1.29 is 9.66 Å². The van der Waals surface area contributed by atoms with Gasteiger partial charge in [-0.3, -0.25) is 0 Å². The molecular weight excluding hydrogens is 347 g/mol. The molecule has 1 N–H and O–H groups in total. The molecule has 0 aliphatic heterocycles. The fraction of sp³-hybridized carbons (Fsp3) is 0.0833. The molecule has 3 heterocycles. The Labute approximate surface area is 139 Å². The zero-order valence-electron chi connectivity index (χ0n) is 11.5. The lowest BCUT2D eigenvalue weighted by atomic mass is 10.3. The third-order valence-corrected chi connectivity index (χ3v) is 3.61. The maximum Gasteiger partial charge on any atom is 0.388 e. The minimum absolute atomic E-state index is 0.0218. The summed E-state index contributed by atoms with van der Waals surface area (Å²) in [5.41, 5.74) is 0.490. The summed E-state index contributed by atoms with van der Waals surface area (Å²) >= 11 is 12.2. The summed E-state index contributed by atoms with van der Waals surface area (Å²) in [7, 11) is 1.50. The lowest BCUT2D eigenvalue weighted by Gasteiger charge is -2.09. The van der Waals surface area contributed by atoms with E-state index in [1.807, 2.05) is 0 Å². The normalized spacial score (nSPS) is 10.7. The first-order chi connectivity index (χ1) is 11.0. The standard InChI is InChI=1S/C12H8Cl2N6O3/c1-15-9-8(13)6(4-17-12(9)20(21)22)23-7-5-18-19-3-2-16-11(14)10(7)19/h2-5,15H,1H3. The van der Waals surface area contributed by atoms with E-state index in [-0.39, 0.29) is 21.6 Å². The third-order valence-electron chi connectivity index (χ3n) is 2.96. The molecule has 118 valence electrons. The van der Waals surface area contributed by atoms with Gasteiger partial charge in [-0.2, -0.15) is 5.10 Å². The molecule has 0 aliphatic carbocycles. The molecule has 3 aromatic rings. The van der Waals surface area contributed by atoms with Crippen molar-refractivity contribution >= 4 is 40.2 Å². The maximum absolute atomic E-state index is 10.9. The quantitative estimate of drug-likeness (QED) is 0.566. The number of hydrogen-bond acceptors (Lipinski definition) is 7. The fourth-order valence-electron chi connectivity index (χ4n) is 1.97. The highest BCUT2D eigenvalue weighted by atomic mass is 35.5. The van der Waals surface area contributed by atoms with E-state index >= 15 is 0 Å². The van der Waals surface area contributed by atoms with Gasteiger partial charge in [0.1, 0.15) is 10.5 Å². The fourth-order valence-corrected chi connectivity index (χ4v) is 2.47. The van der Waals surface area contributed by atoms with E-state index in [1.165, 1.54) is 24.0 Å². The van der Waals surface area contributed by atoms with Crippen molar-refractivity contribution in [2.45, 2.75) is 0 Å². The van der Waals surface area contributed by atoms with E-state index in [4.69, 9.17) is 27.9 Å². The Balaban J connectivity index is 2.08. The summed E-state index contributed by atoms with van der Waals surface area (Å²) in [5, 5.41) is 17.9. The lowest BCUT2D eigenvalue weighted by Crippen LogP contribution is -2.01. The Morgan fingerprint density at radius 2 is 2.09 bits per heavy atom. The summed E-state index contributed by atoms with van der Waals surface area (Å²) in [6.07, 6.45) is 5.68. The highest BCUT2D eigenvalue weighted by Gasteiger charge is 2.23. The van der Waals surface area contributed by atoms with Crippen LogP contribution < -0.4 is 10.1 Å². The highest BCUT2D eigenvalue weighted by Crippen LogP contribution is 2.40. The Kier molecular flexibility index (Phi) is 3.89. The average Bonchev–Trinajstić information content (AvgIpc) is 2.93. The summed E-state index contributed by atoms with van der Waals surface area (Å²) in [6.45, 7) is 0. The lowest BCUT2D eigenvalue weighted by molar-refractivity contribution is -0.388. The second-order valence-corrected chi connectivity index (χ2v) is 5.00. The van der Waals surface area contributed by atoms with Crippen LogP contribution in [0.25, 0.3) is 5.52 Å². The summed E-state index contributed by atoms with van der Waals surface area (Å²) in [6, 6.07) is 0. The number of halogens is 2. The van der Waals surface area contributed by atoms with Crippen LogP contribution in [-0.4, -0.2) is 31.6 Å².